The van der Waals surface area contributed by atoms with Crippen molar-refractivity contribution in [2.75, 3.05) is 6.61 Å². The molecule has 88 valence electrons. The largest absolute Gasteiger partial charge is 0.489 e. The molecule has 0 fully saturated rings. The zero-order valence-corrected chi connectivity index (χ0v) is 11.5. The van der Waals surface area contributed by atoms with Crippen molar-refractivity contribution in [3.05, 3.63) is 39.9 Å². The average Bonchev–Trinajstić information content (AvgIpc) is 2.16. The fourth-order valence-electron chi connectivity index (χ4n) is 1.31. The molecule has 0 unspecified atom stereocenters. The van der Waals surface area contributed by atoms with Crippen LogP contribution in [0.4, 0.5) is 0 Å². The van der Waals surface area contributed by atoms with Crippen LogP contribution in [0.5, 0.6) is 5.75 Å². The van der Waals surface area contributed by atoms with Crippen molar-refractivity contribution in [2.45, 2.75) is 26.8 Å². The molecule has 0 bridgehead atoms. The molecular weight excluding hydrogens is 266 g/mol. The van der Waals surface area contributed by atoms with Gasteiger partial charge in [-0.05, 0) is 39.0 Å². The first-order chi connectivity index (χ1) is 7.50. The van der Waals surface area contributed by atoms with Gasteiger partial charge in [-0.15, -0.1) is 0 Å². The number of ether oxygens (including phenoxy) is 1. The predicted molar refractivity (Wildman–Crippen MR) is 71.7 cm³/mol. The maximum atomic E-state index is 5.89. The molecule has 3 heteroatoms. The average molecular weight is 284 g/mol. The van der Waals surface area contributed by atoms with Crippen molar-refractivity contribution >= 4 is 15.9 Å². The van der Waals surface area contributed by atoms with Crippen LogP contribution >= 0.6 is 15.9 Å². The molecule has 16 heavy (non-hydrogen) atoms. The number of hydrogen-bond donors (Lipinski definition) is 1. The molecule has 0 heterocycles. The highest BCUT2D eigenvalue weighted by Crippen LogP contribution is 2.27. The highest BCUT2D eigenvalue weighted by atomic mass is 79.9. The van der Waals surface area contributed by atoms with Gasteiger partial charge in [0.1, 0.15) is 12.4 Å². The third-order valence-electron chi connectivity index (χ3n) is 2.20. The van der Waals surface area contributed by atoms with Crippen LogP contribution in [-0.4, -0.2) is 6.61 Å². The van der Waals surface area contributed by atoms with Gasteiger partial charge >= 0.3 is 0 Å². The van der Waals surface area contributed by atoms with Crippen molar-refractivity contribution in [3.63, 3.8) is 0 Å². The fraction of sp³-hybridized carbons (Fsp3) is 0.385. The van der Waals surface area contributed by atoms with E-state index in [1.165, 1.54) is 5.57 Å². The van der Waals surface area contributed by atoms with Gasteiger partial charge in [0, 0.05) is 16.1 Å². The van der Waals surface area contributed by atoms with Crippen LogP contribution in [0.3, 0.4) is 0 Å². The van der Waals surface area contributed by atoms with E-state index in [0.29, 0.717) is 6.61 Å². The third kappa shape index (κ3) is 3.99. The van der Waals surface area contributed by atoms with Gasteiger partial charge in [0.15, 0.2) is 0 Å². The minimum atomic E-state index is -0.0187. The zero-order chi connectivity index (χ0) is 12.1. The van der Waals surface area contributed by atoms with Crippen molar-refractivity contribution in [2.24, 2.45) is 5.73 Å². The summed E-state index contributed by atoms with van der Waals surface area (Å²) in [7, 11) is 0. The molecule has 0 aliphatic carbocycles. The molecule has 1 aromatic carbocycles. The van der Waals surface area contributed by atoms with Crippen LogP contribution in [0.2, 0.25) is 0 Å². The summed E-state index contributed by atoms with van der Waals surface area (Å²) < 4.78 is 6.71. The molecule has 1 rings (SSSR count). The minimum Gasteiger partial charge on any atom is -0.489 e. The first-order valence-corrected chi connectivity index (χ1v) is 6.11. The molecule has 2 nitrogen and oxygen atoms in total. The Kier molecular flexibility index (Phi) is 5.03. The number of halogens is 1. The van der Waals surface area contributed by atoms with Gasteiger partial charge in [0.05, 0.1) is 0 Å². The maximum absolute atomic E-state index is 5.89. The summed E-state index contributed by atoms with van der Waals surface area (Å²) in [5, 5.41) is 0. The SMILES string of the molecule is CC(C)=CCOc1cc(Br)ccc1[C@@H](C)N. The summed E-state index contributed by atoms with van der Waals surface area (Å²) >= 11 is 3.43. The van der Waals surface area contributed by atoms with E-state index in [0.717, 1.165) is 15.8 Å². The van der Waals surface area contributed by atoms with Crippen LogP contribution < -0.4 is 10.5 Å². The van der Waals surface area contributed by atoms with E-state index in [4.69, 9.17) is 10.5 Å². The number of hydrogen-bond acceptors (Lipinski definition) is 2. The van der Waals surface area contributed by atoms with E-state index in [1.54, 1.807) is 0 Å². The Balaban J connectivity index is 2.84. The smallest absolute Gasteiger partial charge is 0.125 e. The second-order valence-corrected chi connectivity index (χ2v) is 4.98. The standard InChI is InChI=1S/C13H18BrNO/c1-9(2)6-7-16-13-8-11(14)4-5-12(13)10(3)15/h4-6,8,10H,7,15H2,1-3H3/t10-/m1/s1. The van der Waals surface area contributed by atoms with Crippen molar-refractivity contribution < 1.29 is 4.74 Å². The second kappa shape index (κ2) is 6.06. The van der Waals surface area contributed by atoms with E-state index in [2.05, 4.69) is 29.8 Å². The van der Waals surface area contributed by atoms with E-state index in [-0.39, 0.29) is 6.04 Å². The quantitative estimate of drug-likeness (QED) is 0.853. The van der Waals surface area contributed by atoms with Crippen molar-refractivity contribution in [3.8, 4) is 5.75 Å². The molecule has 0 saturated heterocycles. The molecular formula is C13H18BrNO. The van der Waals surface area contributed by atoms with Crippen LogP contribution in [-0.2, 0) is 0 Å². The van der Waals surface area contributed by atoms with Crippen molar-refractivity contribution in [1.29, 1.82) is 0 Å². The molecule has 0 aliphatic rings. The van der Waals surface area contributed by atoms with E-state index in [9.17, 15) is 0 Å². The highest BCUT2D eigenvalue weighted by Gasteiger charge is 2.08. The number of nitrogens with two attached hydrogens (primary N) is 1. The third-order valence-corrected chi connectivity index (χ3v) is 2.69. The van der Waals surface area contributed by atoms with Crippen LogP contribution in [0, 0.1) is 0 Å². The summed E-state index contributed by atoms with van der Waals surface area (Å²) in [4.78, 5) is 0. The first kappa shape index (κ1) is 13.3. The summed E-state index contributed by atoms with van der Waals surface area (Å²) in [6.07, 6.45) is 2.05. The zero-order valence-electron chi connectivity index (χ0n) is 9.96. The van der Waals surface area contributed by atoms with E-state index >= 15 is 0 Å². The molecule has 0 radical (unpaired) electrons. The van der Waals surface area contributed by atoms with Crippen LogP contribution in [0.1, 0.15) is 32.4 Å². The lowest BCUT2D eigenvalue weighted by atomic mass is 10.1. The highest BCUT2D eigenvalue weighted by molar-refractivity contribution is 9.10. The van der Waals surface area contributed by atoms with Gasteiger partial charge in [0.2, 0.25) is 0 Å². The molecule has 0 saturated carbocycles. The molecule has 0 amide bonds. The van der Waals surface area contributed by atoms with Gasteiger partial charge < -0.3 is 10.5 Å². The number of allylic oxidation sites excluding steroid dienone is 1. The topological polar surface area (TPSA) is 35.2 Å². The summed E-state index contributed by atoms with van der Waals surface area (Å²) in [5.74, 6) is 0.849. The van der Waals surface area contributed by atoms with Gasteiger partial charge in [-0.2, -0.15) is 0 Å². The van der Waals surface area contributed by atoms with Crippen molar-refractivity contribution in [1.82, 2.24) is 0 Å². The molecule has 0 spiro atoms. The summed E-state index contributed by atoms with van der Waals surface area (Å²) in [5.41, 5.74) is 8.17. The monoisotopic (exact) mass is 283 g/mol. The number of rotatable bonds is 4. The molecule has 2 N–H and O–H groups in total. The van der Waals surface area contributed by atoms with Crippen LogP contribution in [0.25, 0.3) is 0 Å². The van der Waals surface area contributed by atoms with E-state index < -0.39 is 0 Å². The predicted octanol–water partition coefficient (Wildman–Crippen LogP) is 3.81. The molecule has 1 aromatic rings. The fourth-order valence-corrected chi connectivity index (χ4v) is 1.65. The Bertz CT molecular complexity index is 382. The van der Waals surface area contributed by atoms with Gasteiger partial charge in [0.25, 0.3) is 0 Å². The normalized spacial score (nSPS) is 12.1. The van der Waals surface area contributed by atoms with Crippen LogP contribution in [0.15, 0.2) is 34.3 Å². The molecule has 1 atom stereocenters. The van der Waals surface area contributed by atoms with Gasteiger partial charge in [-0.25, -0.2) is 0 Å². The summed E-state index contributed by atoms with van der Waals surface area (Å²) in [6, 6.07) is 5.91. The Morgan fingerprint density at radius 1 is 1.50 bits per heavy atom. The molecule has 0 aromatic heterocycles. The lowest BCUT2D eigenvalue weighted by Crippen LogP contribution is -2.08. The number of benzene rings is 1. The Labute approximate surface area is 106 Å². The van der Waals surface area contributed by atoms with E-state index in [1.807, 2.05) is 31.2 Å². The Hall–Kier alpha value is -0.800. The van der Waals surface area contributed by atoms with Gasteiger partial charge in [-0.1, -0.05) is 27.6 Å². The minimum absolute atomic E-state index is 0.0187. The maximum Gasteiger partial charge on any atom is 0.125 e. The first-order valence-electron chi connectivity index (χ1n) is 5.32. The second-order valence-electron chi connectivity index (χ2n) is 4.06. The Morgan fingerprint density at radius 3 is 2.75 bits per heavy atom. The Morgan fingerprint density at radius 2 is 2.19 bits per heavy atom. The summed E-state index contributed by atoms with van der Waals surface area (Å²) in [6.45, 7) is 6.64. The lowest BCUT2D eigenvalue weighted by Gasteiger charge is -2.13. The van der Waals surface area contributed by atoms with Gasteiger partial charge in [-0.3, -0.25) is 0 Å². The molecule has 0 aliphatic heterocycles. The lowest BCUT2D eigenvalue weighted by molar-refractivity contribution is 0.355.